The van der Waals surface area contributed by atoms with Gasteiger partial charge in [-0.2, -0.15) is 0 Å². The van der Waals surface area contributed by atoms with Gasteiger partial charge in [0, 0.05) is 18.7 Å². The molecule has 1 aliphatic rings. The van der Waals surface area contributed by atoms with Gasteiger partial charge in [0.05, 0.1) is 6.10 Å². The maximum atomic E-state index is 5.63. The van der Waals surface area contributed by atoms with Crippen LogP contribution in [0.25, 0.3) is 0 Å². The highest BCUT2D eigenvalue weighted by Crippen LogP contribution is 2.13. The van der Waals surface area contributed by atoms with Crippen molar-refractivity contribution in [3.8, 4) is 0 Å². The van der Waals surface area contributed by atoms with Gasteiger partial charge in [-0.25, -0.2) is 0 Å². The molecule has 0 saturated carbocycles. The summed E-state index contributed by atoms with van der Waals surface area (Å²) in [5.74, 6) is 0.502. The highest BCUT2D eigenvalue weighted by Gasteiger charge is 2.13. The molecule has 4 heteroatoms. The van der Waals surface area contributed by atoms with Gasteiger partial charge in [-0.1, -0.05) is 12.2 Å². The van der Waals surface area contributed by atoms with E-state index in [4.69, 9.17) is 9.47 Å². The molecular weight excluding hydrogens is 216 g/mol. The summed E-state index contributed by atoms with van der Waals surface area (Å²) < 4.78 is 11.1. The molecule has 0 aromatic heterocycles. The minimum absolute atomic E-state index is 0.0333. The van der Waals surface area contributed by atoms with Crippen molar-refractivity contribution in [1.29, 1.82) is 0 Å². The molecule has 1 aliphatic heterocycles. The van der Waals surface area contributed by atoms with E-state index in [0.29, 0.717) is 12.0 Å². The van der Waals surface area contributed by atoms with Crippen molar-refractivity contribution in [3.63, 3.8) is 0 Å². The fourth-order valence-corrected chi connectivity index (χ4v) is 1.32. The third-order valence-electron chi connectivity index (χ3n) is 2.30. The maximum absolute atomic E-state index is 5.63. The van der Waals surface area contributed by atoms with Crippen molar-refractivity contribution in [1.82, 2.24) is 5.32 Å². The summed E-state index contributed by atoms with van der Waals surface area (Å²) in [7, 11) is 1.94. The molecule has 0 amide bonds. The van der Waals surface area contributed by atoms with Crippen LogP contribution in [0.4, 0.5) is 0 Å². The van der Waals surface area contributed by atoms with Crippen molar-refractivity contribution in [3.05, 3.63) is 24.3 Å². The van der Waals surface area contributed by atoms with E-state index in [2.05, 4.69) is 29.4 Å². The van der Waals surface area contributed by atoms with Gasteiger partial charge in [0.25, 0.3) is 5.95 Å². The average Bonchev–Trinajstić information content (AvgIpc) is 2.28. The molecular formula is C13H22N2O2. The molecule has 0 aliphatic carbocycles. The lowest BCUT2D eigenvalue weighted by molar-refractivity contribution is -0.00990. The second-order valence-corrected chi connectivity index (χ2v) is 4.31. The van der Waals surface area contributed by atoms with Gasteiger partial charge >= 0.3 is 0 Å². The van der Waals surface area contributed by atoms with Crippen LogP contribution < -0.4 is 5.32 Å². The summed E-state index contributed by atoms with van der Waals surface area (Å²) in [5, 5.41) is 3.14. The molecule has 0 fully saturated rings. The minimum Gasteiger partial charge on any atom is -0.462 e. The van der Waals surface area contributed by atoms with Crippen LogP contribution in [0.15, 0.2) is 29.3 Å². The molecule has 1 N–H and O–H groups in total. The molecule has 96 valence electrons. The minimum atomic E-state index is -0.0333. The summed E-state index contributed by atoms with van der Waals surface area (Å²) in [4.78, 5) is 4.12. The van der Waals surface area contributed by atoms with Gasteiger partial charge in [0.15, 0.2) is 0 Å². The van der Waals surface area contributed by atoms with E-state index in [1.807, 2.05) is 20.9 Å². The lowest BCUT2D eigenvalue weighted by Gasteiger charge is -2.20. The molecule has 0 bridgehead atoms. The Balaban J connectivity index is 2.36. The molecule has 17 heavy (non-hydrogen) atoms. The molecule has 0 radical (unpaired) electrons. The molecule has 1 heterocycles. The Morgan fingerprint density at radius 3 is 2.94 bits per heavy atom. The fraction of sp³-hybridized carbons (Fsp3) is 0.615. The van der Waals surface area contributed by atoms with Gasteiger partial charge in [-0.05, 0) is 27.8 Å². The van der Waals surface area contributed by atoms with Gasteiger partial charge in [0.1, 0.15) is 12.3 Å². The Hall–Kier alpha value is -1.29. The molecule has 1 rings (SSSR count). The second-order valence-electron chi connectivity index (χ2n) is 4.31. The smallest absolute Gasteiger partial charge is 0.299 e. The van der Waals surface area contributed by atoms with Crippen LogP contribution in [0, 0.1) is 0 Å². The van der Waals surface area contributed by atoms with Crippen LogP contribution >= 0.6 is 0 Å². The van der Waals surface area contributed by atoms with Crippen molar-refractivity contribution in [2.24, 2.45) is 4.99 Å². The highest BCUT2D eigenvalue weighted by molar-refractivity contribution is 5.65. The molecule has 4 nitrogen and oxygen atoms in total. The number of hydrogen-bond donors (Lipinski definition) is 1. The van der Waals surface area contributed by atoms with Crippen molar-refractivity contribution < 1.29 is 9.47 Å². The number of nitrogens with one attached hydrogen (secondary N) is 1. The Bertz CT molecular complexity index is 309. The number of hydrogen-bond acceptors (Lipinski definition) is 4. The second kappa shape index (κ2) is 7.12. The summed E-state index contributed by atoms with van der Waals surface area (Å²) >= 11 is 0. The first-order valence-electron chi connectivity index (χ1n) is 6.02. The summed E-state index contributed by atoms with van der Waals surface area (Å²) in [6.45, 7) is 6.03. The fourth-order valence-electron chi connectivity index (χ4n) is 1.32. The first-order chi connectivity index (χ1) is 8.11. The van der Waals surface area contributed by atoms with Gasteiger partial charge in [-0.3, -0.25) is 4.99 Å². The van der Waals surface area contributed by atoms with E-state index < -0.39 is 0 Å². The lowest BCUT2D eigenvalue weighted by Crippen LogP contribution is -2.20. The first-order valence-corrected chi connectivity index (χ1v) is 6.02. The Kier molecular flexibility index (Phi) is 5.77. The standard InChI is InChI=1S/C13H22N2O2/c1-10(2)16-13-9-15-8-12(17-13)7-5-6-11(3)14-4/h5-6,8-12,14H,7H2,1-4H3/b6-5+. The van der Waals surface area contributed by atoms with E-state index in [-0.39, 0.29) is 12.2 Å². The maximum Gasteiger partial charge on any atom is 0.299 e. The lowest BCUT2D eigenvalue weighted by atomic mass is 10.2. The SMILES string of the molecule is CNC(C)/C=C/CC1C=NC=C(OC(C)C)O1. The predicted octanol–water partition coefficient (Wildman–Crippen LogP) is 2.23. The normalized spacial score (nSPS) is 21.5. The number of aliphatic imine (C=N–C) groups is 1. The summed E-state index contributed by atoms with van der Waals surface area (Å²) in [5.41, 5.74) is 0. The summed E-state index contributed by atoms with van der Waals surface area (Å²) in [6.07, 6.45) is 8.48. The van der Waals surface area contributed by atoms with Crippen LogP contribution in [0.3, 0.4) is 0 Å². The number of ether oxygens (including phenoxy) is 2. The first kappa shape index (κ1) is 13.8. The largest absolute Gasteiger partial charge is 0.462 e. The third-order valence-corrected chi connectivity index (χ3v) is 2.30. The molecule has 0 aromatic rings. The number of likely N-dealkylation sites (N-methyl/N-ethyl adjacent to an activating group) is 1. The van der Waals surface area contributed by atoms with E-state index >= 15 is 0 Å². The predicted molar refractivity (Wildman–Crippen MR) is 69.9 cm³/mol. The van der Waals surface area contributed by atoms with Crippen LogP contribution in [-0.2, 0) is 9.47 Å². The zero-order valence-electron chi connectivity index (χ0n) is 11.0. The van der Waals surface area contributed by atoms with E-state index in [0.717, 1.165) is 6.42 Å². The molecule has 2 unspecified atom stereocenters. The average molecular weight is 238 g/mol. The Morgan fingerprint density at radius 1 is 1.53 bits per heavy atom. The Labute approximate surface area is 103 Å². The third kappa shape index (κ3) is 5.54. The Morgan fingerprint density at radius 2 is 2.29 bits per heavy atom. The van der Waals surface area contributed by atoms with Gasteiger partial charge in [0.2, 0.25) is 0 Å². The van der Waals surface area contributed by atoms with Crippen molar-refractivity contribution in [2.45, 2.75) is 45.4 Å². The van der Waals surface area contributed by atoms with E-state index in [1.54, 1.807) is 12.4 Å². The number of nitrogens with zero attached hydrogens (tertiary/aromatic N) is 1. The zero-order chi connectivity index (χ0) is 12.7. The van der Waals surface area contributed by atoms with Crippen molar-refractivity contribution in [2.75, 3.05) is 7.05 Å². The van der Waals surface area contributed by atoms with E-state index in [9.17, 15) is 0 Å². The van der Waals surface area contributed by atoms with Crippen LogP contribution in [-0.4, -0.2) is 31.5 Å². The molecule has 2 atom stereocenters. The topological polar surface area (TPSA) is 42.9 Å². The molecule has 0 spiro atoms. The van der Waals surface area contributed by atoms with E-state index in [1.165, 1.54) is 0 Å². The highest BCUT2D eigenvalue weighted by atomic mass is 16.7. The zero-order valence-corrected chi connectivity index (χ0v) is 11.0. The quantitative estimate of drug-likeness (QED) is 0.722. The van der Waals surface area contributed by atoms with Gasteiger partial charge in [-0.15, -0.1) is 0 Å². The molecule has 0 aromatic carbocycles. The number of rotatable bonds is 6. The van der Waals surface area contributed by atoms with Crippen LogP contribution in [0.1, 0.15) is 27.2 Å². The van der Waals surface area contributed by atoms with Crippen molar-refractivity contribution >= 4 is 6.21 Å². The summed E-state index contributed by atoms with van der Waals surface area (Å²) in [6, 6.07) is 0.373. The monoisotopic (exact) mass is 238 g/mol. The van der Waals surface area contributed by atoms with Crippen LogP contribution in [0.5, 0.6) is 0 Å². The molecule has 0 saturated heterocycles. The van der Waals surface area contributed by atoms with Gasteiger partial charge < -0.3 is 14.8 Å². The van der Waals surface area contributed by atoms with Crippen LogP contribution in [0.2, 0.25) is 0 Å².